The number of nitrogens with one attached hydrogen (secondary N) is 2. The molecular formula is C11H9N3O3. The van der Waals surface area contributed by atoms with Gasteiger partial charge in [0.05, 0.1) is 0 Å². The molecule has 6 heteroatoms. The molecule has 0 saturated heterocycles. The van der Waals surface area contributed by atoms with Gasteiger partial charge >= 0.3 is 0 Å². The molecule has 0 saturated carbocycles. The van der Waals surface area contributed by atoms with Gasteiger partial charge < -0.3 is 10.4 Å². The number of hydrogen-bond donors (Lipinski definition) is 3. The molecule has 0 unspecified atom stereocenters. The monoisotopic (exact) mass is 231 g/mol. The third-order valence-corrected chi connectivity index (χ3v) is 2.02. The van der Waals surface area contributed by atoms with E-state index in [0.717, 1.165) is 0 Å². The molecule has 0 aliphatic carbocycles. The first-order valence-corrected chi connectivity index (χ1v) is 4.81. The Balaban J connectivity index is 2.17. The van der Waals surface area contributed by atoms with Crippen LogP contribution < -0.4 is 10.9 Å². The highest BCUT2D eigenvalue weighted by atomic mass is 16.3. The molecule has 6 nitrogen and oxygen atoms in total. The Kier molecular flexibility index (Phi) is 2.87. The van der Waals surface area contributed by atoms with Crippen LogP contribution in [0, 0.1) is 0 Å². The zero-order chi connectivity index (χ0) is 12.3. The number of phenolic OH excluding ortho intramolecular Hbond substituents is 1. The molecule has 1 aromatic carbocycles. The third-order valence-electron chi connectivity index (χ3n) is 2.02. The van der Waals surface area contributed by atoms with Crippen molar-refractivity contribution < 1.29 is 9.90 Å². The van der Waals surface area contributed by atoms with Crippen molar-refractivity contribution in [2.45, 2.75) is 0 Å². The summed E-state index contributed by atoms with van der Waals surface area (Å²) >= 11 is 0. The van der Waals surface area contributed by atoms with Crippen LogP contribution >= 0.6 is 0 Å². The summed E-state index contributed by atoms with van der Waals surface area (Å²) in [6, 6.07) is 8.66. The average Bonchev–Trinajstić information content (AvgIpc) is 2.29. The fourth-order valence-corrected chi connectivity index (χ4v) is 1.25. The van der Waals surface area contributed by atoms with Crippen molar-refractivity contribution in [3.63, 3.8) is 0 Å². The lowest BCUT2D eigenvalue weighted by atomic mass is 10.3. The number of carbonyl (C=O) groups is 1. The number of rotatable bonds is 2. The van der Waals surface area contributed by atoms with Crippen LogP contribution in [0.4, 0.5) is 5.69 Å². The van der Waals surface area contributed by atoms with E-state index in [9.17, 15) is 14.7 Å². The van der Waals surface area contributed by atoms with Crippen molar-refractivity contribution in [1.82, 2.24) is 10.2 Å². The summed E-state index contributed by atoms with van der Waals surface area (Å²) in [6.07, 6.45) is 0. The number of aromatic hydroxyl groups is 1. The van der Waals surface area contributed by atoms with E-state index >= 15 is 0 Å². The summed E-state index contributed by atoms with van der Waals surface area (Å²) in [5.74, 6) is -0.413. The minimum Gasteiger partial charge on any atom is -0.508 e. The highest BCUT2D eigenvalue weighted by Gasteiger charge is 2.07. The van der Waals surface area contributed by atoms with E-state index in [1.165, 1.54) is 24.3 Å². The number of hydrogen-bond acceptors (Lipinski definition) is 4. The minimum atomic E-state index is -0.466. The van der Waals surface area contributed by atoms with E-state index < -0.39 is 5.91 Å². The van der Waals surface area contributed by atoms with Crippen molar-refractivity contribution in [2.75, 3.05) is 5.32 Å². The predicted octanol–water partition coefficient (Wildman–Crippen LogP) is 0.728. The van der Waals surface area contributed by atoms with Gasteiger partial charge in [-0.15, -0.1) is 0 Å². The molecule has 0 aliphatic heterocycles. The van der Waals surface area contributed by atoms with Crippen molar-refractivity contribution in [1.29, 1.82) is 0 Å². The Labute approximate surface area is 95.9 Å². The van der Waals surface area contributed by atoms with Gasteiger partial charge in [0.1, 0.15) is 11.4 Å². The standard InChI is InChI=1S/C11H9N3O3/c15-8-3-1-2-7(6-8)12-11(17)9-4-5-10(16)14-13-9/h1-6,15H,(H,12,17)(H,14,16). The first kappa shape index (κ1) is 10.9. The Bertz CT molecular complexity index is 586. The van der Waals surface area contributed by atoms with E-state index in [4.69, 9.17) is 0 Å². The zero-order valence-corrected chi connectivity index (χ0v) is 8.68. The summed E-state index contributed by atoms with van der Waals surface area (Å²) in [7, 11) is 0. The maximum Gasteiger partial charge on any atom is 0.276 e. The van der Waals surface area contributed by atoms with Gasteiger partial charge in [-0.3, -0.25) is 9.59 Å². The van der Waals surface area contributed by atoms with E-state index in [1.54, 1.807) is 12.1 Å². The summed E-state index contributed by atoms with van der Waals surface area (Å²) in [5, 5.41) is 17.5. The second-order valence-electron chi connectivity index (χ2n) is 3.31. The molecule has 1 amide bonds. The summed E-state index contributed by atoms with van der Waals surface area (Å²) in [6.45, 7) is 0. The molecular weight excluding hydrogens is 222 g/mol. The van der Waals surface area contributed by atoms with Gasteiger partial charge in [0, 0.05) is 17.8 Å². The quantitative estimate of drug-likeness (QED) is 0.709. The Morgan fingerprint density at radius 2 is 2.12 bits per heavy atom. The lowest BCUT2D eigenvalue weighted by Gasteiger charge is -2.04. The number of H-pyrrole nitrogens is 1. The second kappa shape index (κ2) is 4.48. The summed E-state index contributed by atoms with van der Waals surface area (Å²) in [4.78, 5) is 22.4. The molecule has 0 aliphatic rings. The van der Waals surface area contributed by atoms with Crippen molar-refractivity contribution in [3.05, 3.63) is 52.4 Å². The van der Waals surface area contributed by atoms with Gasteiger partial charge in [-0.1, -0.05) is 6.07 Å². The molecule has 3 N–H and O–H groups in total. The number of nitrogens with zero attached hydrogens (tertiary/aromatic N) is 1. The van der Waals surface area contributed by atoms with Crippen molar-refractivity contribution >= 4 is 11.6 Å². The fraction of sp³-hybridized carbons (Fsp3) is 0. The zero-order valence-electron chi connectivity index (χ0n) is 8.68. The number of carbonyl (C=O) groups excluding carboxylic acids is 1. The lowest BCUT2D eigenvalue weighted by molar-refractivity contribution is 0.102. The van der Waals surface area contributed by atoms with Crippen LogP contribution in [0.3, 0.4) is 0 Å². The highest BCUT2D eigenvalue weighted by Crippen LogP contribution is 2.15. The van der Waals surface area contributed by atoms with Crippen LogP contribution in [0.2, 0.25) is 0 Å². The molecule has 0 radical (unpaired) electrons. The van der Waals surface area contributed by atoms with Crippen molar-refractivity contribution in [2.24, 2.45) is 0 Å². The minimum absolute atomic E-state index is 0.0530. The van der Waals surface area contributed by atoms with E-state index in [0.29, 0.717) is 5.69 Å². The van der Waals surface area contributed by atoms with Crippen LogP contribution in [-0.2, 0) is 0 Å². The molecule has 1 heterocycles. The number of anilines is 1. The van der Waals surface area contributed by atoms with Gasteiger partial charge in [0.2, 0.25) is 0 Å². The number of aromatic nitrogens is 2. The number of amides is 1. The Hall–Kier alpha value is -2.63. The average molecular weight is 231 g/mol. The maximum absolute atomic E-state index is 11.7. The van der Waals surface area contributed by atoms with Crippen LogP contribution in [0.15, 0.2) is 41.2 Å². The SMILES string of the molecule is O=C(Nc1cccc(O)c1)c1ccc(=O)[nH]n1. The van der Waals surface area contributed by atoms with Gasteiger partial charge in [0.25, 0.3) is 11.5 Å². The third kappa shape index (κ3) is 2.69. The second-order valence-corrected chi connectivity index (χ2v) is 3.31. The largest absolute Gasteiger partial charge is 0.508 e. The smallest absolute Gasteiger partial charge is 0.276 e. The number of aromatic amines is 1. The molecule has 0 atom stereocenters. The van der Waals surface area contributed by atoms with E-state index in [-0.39, 0.29) is 17.0 Å². The molecule has 17 heavy (non-hydrogen) atoms. The predicted molar refractivity (Wildman–Crippen MR) is 60.9 cm³/mol. The molecule has 86 valence electrons. The van der Waals surface area contributed by atoms with Crippen molar-refractivity contribution in [3.8, 4) is 5.75 Å². The molecule has 1 aromatic heterocycles. The Morgan fingerprint density at radius 1 is 1.29 bits per heavy atom. The van der Waals surface area contributed by atoms with Crippen LogP contribution in [0.25, 0.3) is 0 Å². The maximum atomic E-state index is 11.7. The number of benzene rings is 1. The molecule has 0 bridgehead atoms. The fourth-order valence-electron chi connectivity index (χ4n) is 1.25. The Morgan fingerprint density at radius 3 is 2.76 bits per heavy atom. The highest BCUT2D eigenvalue weighted by molar-refractivity contribution is 6.02. The summed E-state index contributed by atoms with van der Waals surface area (Å²) < 4.78 is 0. The van der Waals surface area contributed by atoms with Gasteiger partial charge in [-0.25, -0.2) is 5.10 Å². The van der Waals surface area contributed by atoms with Gasteiger partial charge in [-0.2, -0.15) is 5.10 Å². The molecule has 2 rings (SSSR count). The summed E-state index contributed by atoms with van der Waals surface area (Å²) in [5.41, 5.74) is 0.162. The molecule has 2 aromatic rings. The normalized spacial score (nSPS) is 9.88. The van der Waals surface area contributed by atoms with Crippen LogP contribution in [0.1, 0.15) is 10.5 Å². The first-order chi connectivity index (χ1) is 8.15. The van der Waals surface area contributed by atoms with Gasteiger partial charge in [-0.05, 0) is 18.2 Å². The molecule has 0 fully saturated rings. The first-order valence-electron chi connectivity index (χ1n) is 4.81. The van der Waals surface area contributed by atoms with Crippen LogP contribution in [-0.4, -0.2) is 21.2 Å². The lowest BCUT2D eigenvalue weighted by Crippen LogP contribution is -2.17. The topological polar surface area (TPSA) is 95.1 Å². The van der Waals surface area contributed by atoms with Gasteiger partial charge in [0.15, 0.2) is 0 Å². The van der Waals surface area contributed by atoms with E-state index in [2.05, 4.69) is 15.5 Å². The number of phenols is 1. The van der Waals surface area contributed by atoms with Crippen LogP contribution in [0.5, 0.6) is 5.75 Å². The van der Waals surface area contributed by atoms with E-state index in [1.807, 2.05) is 0 Å². The molecule has 0 spiro atoms.